The highest BCUT2D eigenvalue weighted by molar-refractivity contribution is 9.10. The summed E-state index contributed by atoms with van der Waals surface area (Å²) in [6.45, 7) is 6.01. The number of nitrogens with zero attached hydrogens (tertiary/aromatic N) is 1. The van der Waals surface area contributed by atoms with Crippen molar-refractivity contribution in [2.45, 2.75) is 33.2 Å². The maximum Gasteiger partial charge on any atom is 0.148 e. The first kappa shape index (κ1) is 15.0. The minimum absolute atomic E-state index is 0.00864. The molecule has 0 fully saturated rings. The van der Waals surface area contributed by atoms with Gasteiger partial charge >= 0.3 is 0 Å². The van der Waals surface area contributed by atoms with Crippen LogP contribution in [0.2, 0.25) is 0 Å². The van der Waals surface area contributed by atoms with Gasteiger partial charge in [0.2, 0.25) is 0 Å². The molecule has 0 radical (unpaired) electrons. The van der Waals surface area contributed by atoms with Crippen molar-refractivity contribution >= 4 is 15.9 Å². The quantitative estimate of drug-likeness (QED) is 0.893. The van der Waals surface area contributed by atoms with E-state index in [4.69, 9.17) is 10.5 Å². The molecular weight excluding hydrogens is 316 g/mol. The molecule has 3 nitrogen and oxygen atoms in total. The van der Waals surface area contributed by atoms with Gasteiger partial charge in [0.1, 0.15) is 11.5 Å². The van der Waals surface area contributed by atoms with E-state index in [0.29, 0.717) is 0 Å². The Kier molecular flexibility index (Phi) is 4.78. The number of aryl methyl sites for hydroxylation is 2. The highest BCUT2D eigenvalue weighted by Crippen LogP contribution is 2.30. The van der Waals surface area contributed by atoms with E-state index in [0.717, 1.165) is 39.3 Å². The molecule has 2 aromatic rings. The van der Waals surface area contributed by atoms with E-state index in [1.54, 1.807) is 0 Å². The third-order valence-electron chi connectivity index (χ3n) is 3.10. The minimum Gasteiger partial charge on any atom is -0.455 e. The molecule has 2 N–H and O–H groups in total. The summed E-state index contributed by atoms with van der Waals surface area (Å²) in [5.41, 5.74) is 8.94. The summed E-state index contributed by atoms with van der Waals surface area (Å²) in [6, 6.07) is 9.78. The van der Waals surface area contributed by atoms with Crippen molar-refractivity contribution < 1.29 is 4.74 Å². The lowest BCUT2D eigenvalue weighted by molar-refractivity contribution is 0.472. The van der Waals surface area contributed by atoms with E-state index in [-0.39, 0.29) is 6.04 Å². The van der Waals surface area contributed by atoms with E-state index >= 15 is 0 Å². The Morgan fingerprint density at radius 3 is 2.65 bits per heavy atom. The molecule has 1 aromatic heterocycles. The van der Waals surface area contributed by atoms with Crippen molar-refractivity contribution in [2.24, 2.45) is 5.73 Å². The van der Waals surface area contributed by atoms with Crippen LogP contribution >= 0.6 is 15.9 Å². The van der Waals surface area contributed by atoms with Crippen LogP contribution in [-0.4, -0.2) is 4.98 Å². The highest BCUT2D eigenvalue weighted by atomic mass is 79.9. The van der Waals surface area contributed by atoms with Crippen molar-refractivity contribution in [3.63, 3.8) is 0 Å². The summed E-state index contributed by atoms with van der Waals surface area (Å²) >= 11 is 3.53. The van der Waals surface area contributed by atoms with Gasteiger partial charge in [-0.2, -0.15) is 0 Å². The third-order valence-corrected chi connectivity index (χ3v) is 3.78. The average molecular weight is 335 g/mol. The summed E-state index contributed by atoms with van der Waals surface area (Å²) in [5.74, 6) is 1.58. The zero-order chi connectivity index (χ0) is 14.7. The SMILES string of the molecule is CCc1nc(C)ccc1Oc1ccc(C(C)N)c(Br)c1. The number of ether oxygens (including phenoxy) is 1. The summed E-state index contributed by atoms with van der Waals surface area (Å²) in [6.07, 6.45) is 0.843. The first-order valence-electron chi connectivity index (χ1n) is 6.70. The zero-order valence-corrected chi connectivity index (χ0v) is 13.6. The first-order valence-corrected chi connectivity index (χ1v) is 7.50. The molecule has 0 bridgehead atoms. The summed E-state index contributed by atoms with van der Waals surface area (Å²) in [7, 11) is 0. The molecule has 0 saturated carbocycles. The predicted octanol–water partition coefficient (Wildman–Crippen LogP) is 4.53. The Morgan fingerprint density at radius 1 is 1.30 bits per heavy atom. The number of hydrogen-bond donors (Lipinski definition) is 1. The summed E-state index contributed by atoms with van der Waals surface area (Å²) in [4.78, 5) is 4.50. The van der Waals surface area contributed by atoms with Crippen LogP contribution in [0.25, 0.3) is 0 Å². The zero-order valence-electron chi connectivity index (χ0n) is 12.0. The van der Waals surface area contributed by atoms with E-state index in [1.165, 1.54) is 0 Å². The monoisotopic (exact) mass is 334 g/mol. The van der Waals surface area contributed by atoms with Gasteiger partial charge in [0.25, 0.3) is 0 Å². The van der Waals surface area contributed by atoms with Crippen LogP contribution in [0.1, 0.15) is 36.8 Å². The molecule has 0 saturated heterocycles. The summed E-state index contributed by atoms with van der Waals surface area (Å²) in [5, 5.41) is 0. The molecule has 0 aliphatic carbocycles. The molecule has 0 aliphatic rings. The Labute approximate surface area is 128 Å². The number of aromatic nitrogens is 1. The smallest absolute Gasteiger partial charge is 0.148 e. The van der Waals surface area contributed by atoms with Crippen LogP contribution in [0.5, 0.6) is 11.5 Å². The van der Waals surface area contributed by atoms with Gasteiger partial charge in [0.15, 0.2) is 0 Å². The van der Waals surface area contributed by atoms with Crippen LogP contribution < -0.4 is 10.5 Å². The molecule has 0 aliphatic heterocycles. The molecule has 1 heterocycles. The molecular formula is C16H19BrN2O. The van der Waals surface area contributed by atoms with Crippen molar-refractivity contribution in [1.82, 2.24) is 4.98 Å². The van der Waals surface area contributed by atoms with Crippen LogP contribution in [0, 0.1) is 6.92 Å². The van der Waals surface area contributed by atoms with Crippen molar-refractivity contribution in [3.05, 3.63) is 51.8 Å². The standard InChI is InChI=1S/C16H19BrN2O/c1-4-15-16(8-5-10(2)19-15)20-12-6-7-13(11(3)18)14(17)9-12/h5-9,11H,4,18H2,1-3H3. The fourth-order valence-electron chi connectivity index (χ4n) is 2.01. The lowest BCUT2D eigenvalue weighted by Crippen LogP contribution is -2.05. The second-order valence-corrected chi connectivity index (χ2v) is 5.68. The number of nitrogens with two attached hydrogens (primary N) is 1. The fourth-order valence-corrected chi connectivity index (χ4v) is 2.73. The maximum atomic E-state index is 5.94. The Hall–Kier alpha value is -1.39. The molecule has 106 valence electrons. The van der Waals surface area contributed by atoms with E-state index in [9.17, 15) is 0 Å². The second-order valence-electron chi connectivity index (χ2n) is 4.83. The van der Waals surface area contributed by atoms with Crippen LogP contribution in [0.15, 0.2) is 34.8 Å². The molecule has 1 unspecified atom stereocenters. The number of rotatable bonds is 4. The molecule has 0 amide bonds. The molecule has 20 heavy (non-hydrogen) atoms. The number of benzene rings is 1. The largest absolute Gasteiger partial charge is 0.455 e. The highest BCUT2D eigenvalue weighted by Gasteiger charge is 2.09. The predicted molar refractivity (Wildman–Crippen MR) is 85.2 cm³/mol. The Morgan fingerprint density at radius 2 is 2.05 bits per heavy atom. The van der Waals surface area contributed by atoms with Gasteiger partial charge in [-0.05, 0) is 50.1 Å². The van der Waals surface area contributed by atoms with Gasteiger partial charge in [0, 0.05) is 16.2 Å². The normalized spacial score (nSPS) is 12.2. The lowest BCUT2D eigenvalue weighted by atomic mass is 10.1. The average Bonchev–Trinajstić information content (AvgIpc) is 2.40. The number of hydrogen-bond acceptors (Lipinski definition) is 3. The first-order chi connectivity index (χ1) is 9.51. The molecule has 1 aromatic carbocycles. The third kappa shape index (κ3) is 3.38. The van der Waals surface area contributed by atoms with Crippen LogP contribution in [-0.2, 0) is 6.42 Å². The fraction of sp³-hybridized carbons (Fsp3) is 0.312. The minimum atomic E-state index is -0.00864. The summed E-state index contributed by atoms with van der Waals surface area (Å²) < 4.78 is 6.90. The molecule has 0 spiro atoms. The number of halogens is 1. The second kappa shape index (κ2) is 6.37. The van der Waals surface area contributed by atoms with Gasteiger partial charge < -0.3 is 10.5 Å². The van der Waals surface area contributed by atoms with E-state index in [1.807, 2.05) is 44.2 Å². The topological polar surface area (TPSA) is 48.1 Å². The molecule has 4 heteroatoms. The van der Waals surface area contributed by atoms with Crippen molar-refractivity contribution in [3.8, 4) is 11.5 Å². The van der Waals surface area contributed by atoms with Gasteiger partial charge in [-0.15, -0.1) is 0 Å². The van der Waals surface area contributed by atoms with E-state index in [2.05, 4.69) is 27.8 Å². The van der Waals surface area contributed by atoms with Crippen LogP contribution in [0.4, 0.5) is 0 Å². The Bertz CT molecular complexity index is 611. The Balaban J connectivity index is 2.28. The van der Waals surface area contributed by atoms with Gasteiger partial charge in [-0.1, -0.05) is 28.9 Å². The van der Waals surface area contributed by atoms with Crippen LogP contribution in [0.3, 0.4) is 0 Å². The lowest BCUT2D eigenvalue weighted by Gasteiger charge is -2.13. The number of pyridine rings is 1. The van der Waals surface area contributed by atoms with Gasteiger partial charge in [-0.25, -0.2) is 0 Å². The van der Waals surface area contributed by atoms with Gasteiger partial charge in [0.05, 0.1) is 5.69 Å². The maximum absolute atomic E-state index is 5.94. The van der Waals surface area contributed by atoms with Gasteiger partial charge in [-0.3, -0.25) is 4.98 Å². The van der Waals surface area contributed by atoms with Crippen molar-refractivity contribution in [1.29, 1.82) is 0 Å². The van der Waals surface area contributed by atoms with Crippen molar-refractivity contribution in [2.75, 3.05) is 0 Å². The molecule has 2 rings (SSSR count). The molecule has 1 atom stereocenters. The van der Waals surface area contributed by atoms with E-state index < -0.39 is 0 Å².